The Morgan fingerprint density at radius 1 is 1.75 bits per heavy atom. The van der Waals surface area contributed by atoms with E-state index in [1.807, 2.05) is 0 Å². The Bertz CT molecular complexity index is 428. The largest absolute Gasteiger partial charge is 0.477 e. The van der Waals surface area contributed by atoms with Crippen LogP contribution in [0.15, 0.2) is 12.7 Å². The second-order valence-corrected chi connectivity index (χ2v) is 4.93. The fourth-order valence-corrected chi connectivity index (χ4v) is 2.66. The van der Waals surface area contributed by atoms with Gasteiger partial charge >= 0.3 is 5.97 Å². The average Bonchev–Trinajstić information content (AvgIpc) is 2.98. The predicted molar refractivity (Wildman–Crippen MR) is 64.6 cm³/mol. The van der Waals surface area contributed by atoms with Crippen LogP contribution in [0.1, 0.15) is 22.5 Å². The summed E-state index contributed by atoms with van der Waals surface area (Å²) in [5.41, 5.74) is 0. The van der Waals surface area contributed by atoms with Gasteiger partial charge in [0.05, 0.1) is 0 Å². The van der Waals surface area contributed by atoms with Gasteiger partial charge in [-0.2, -0.15) is 0 Å². The van der Waals surface area contributed by atoms with Gasteiger partial charge in [-0.15, -0.1) is 6.58 Å². The van der Waals surface area contributed by atoms with Gasteiger partial charge in [0.1, 0.15) is 0 Å². The van der Waals surface area contributed by atoms with Gasteiger partial charge in [-0.25, -0.2) is 9.78 Å². The Balaban J connectivity index is 2.27. The van der Waals surface area contributed by atoms with Crippen LogP contribution in [0.2, 0.25) is 5.15 Å². The summed E-state index contributed by atoms with van der Waals surface area (Å²) in [7, 11) is 0. The van der Waals surface area contributed by atoms with Crippen LogP contribution < -0.4 is 4.90 Å². The van der Waals surface area contributed by atoms with Crippen LogP contribution in [-0.4, -0.2) is 28.6 Å². The molecule has 0 unspecified atom stereocenters. The number of carboxylic acid groups (broad SMARTS) is 1. The molecule has 1 heterocycles. The second-order valence-electron chi connectivity index (χ2n) is 3.59. The fourth-order valence-electron chi connectivity index (χ4n) is 1.45. The average molecular weight is 259 g/mol. The minimum Gasteiger partial charge on any atom is -0.477 e. The minimum atomic E-state index is -1.02. The number of aromatic carboxylic acids is 1. The topological polar surface area (TPSA) is 53.4 Å². The number of halogens is 1. The molecule has 4 nitrogen and oxygen atoms in total. The third-order valence-corrected chi connectivity index (χ3v) is 3.79. The Hall–Kier alpha value is -1.07. The highest BCUT2D eigenvalue weighted by molar-refractivity contribution is 7.18. The number of carbonyl (C=O) groups is 1. The van der Waals surface area contributed by atoms with E-state index in [9.17, 15) is 4.79 Å². The first-order valence-electron chi connectivity index (χ1n) is 4.90. The number of carboxylic acids is 1. The number of aromatic nitrogens is 1. The lowest BCUT2D eigenvalue weighted by atomic mass is 10.5. The standard InChI is InChI=1S/C10H11ClN2O2S/c1-2-5-13(6-3-4-6)10-12-8(11)7(16-10)9(14)15/h2,6H,1,3-5H2,(H,14,15). The molecule has 0 radical (unpaired) electrons. The maximum absolute atomic E-state index is 10.8. The van der Waals surface area contributed by atoms with E-state index in [2.05, 4.69) is 16.5 Å². The SMILES string of the molecule is C=CCN(c1nc(Cl)c(C(=O)O)s1)C1CC1. The fraction of sp³-hybridized carbons (Fsp3) is 0.400. The first kappa shape index (κ1) is 11.4. The van der Waals surface area contributed by atoms with Crippen molar-refractivity contribution in [1.29, 1.82) is 0 Å². The molecule has 1 aliphatic carbocycles. The van der Waals surface area contributed by atoms with Crippen molar-refractivity contribution in [3.63, 3.8) is 0 Å². The van der Waals surface area contributed by atoms with Gasteiger partial charge in [0, 0.05) is 12.6 Å². The molecule has 1 aromatic rings. The van der Waals surface area contributed by atoms with E-state index in [-0.39, 0.29) is 10.0 Å². The molecule has 0 bridgehead atoms. The van der Waals surface area contributed by atoms with Gasteiger partial charge in [0.2, 0.25) is 0 Å². The molecule has 16 heavy (non-hydrogen) atoms. The van der Waals surface area contributed by atoms with Gasteiger partial charge in [-0.1, -0.05) is 29.0 Å². The lowest BCUT2D eigenvalue weighted by Crippen LogP contribution is -2.25. The summed E-state index contributed by atoms with van der Waals surface area (Å²) in [6, 6.07) is 0.460. The van der Waals surface area contributed by atoms with Crippen molar-refractivity contribution in [2.24, 2.45) is 0 Å². The molecular weight excluding hydrogens is 248 g/mol. The van der Waals surface area contributed by atoms with Crippen molar-refractivity contribution >= 4 is 34.0 Å². The van der Waals surface area contributed by atoms with Gasteiger partial charge < -0.3 is 10.0 Å². The summed E-state index contributed by atoms with van der Waals surface area (Å²) in [5.74, 6) is -1.02. The molecular formula is C10H11ClN2O2S. The summed E-state index contributed by atoms with van der Waals surface area (Å²) in [5, 5.41) is 9.63. The van der Waals surface area contributed by atoms with Crippen LogP contribution in [0.5, 0.6) is 0 Å². The minimum absolute atomic E-state index is 0.0715. The van der Waals surface area contributed by atoms with E-state index in [1.54, 1.807) is 6.08 Å². The van der Waals surface area contributed by atoms with Crippen molar-refractivity contribution < 1.29 is 9.90 Å². The Morgan fingerprint density at radius 2 is 2.44 bits per heavy atom. The van der Waals surface area contributed by atoms with Crippen LogP contribution in [0.4, 0.5) is 5.13 Å². The molecule has 2 rings (SSSR count). The quantitative estimate of drug-likeness (QED) is 0.825. The lowest BCUT2D eigenvalue weighted by Gasteiger charge is -2.18. The molecule has 0 saturated heterocycles. The number of anilines is 1. The normalized spacial score (nSPS) is 14.8. The monoisotopic (exact) mass is 258 g/mol. The second kappa shape index (κ2) is 4.43. The number of hydrogen-bond donors (Lipinski definition) is 1. The first-order valence-corrected chi connectivity index (χ1v) is 6.10. The smallest absolute Gasteiger partial charge is 0.349 e. The molecule has 86 valence electrons. The molecule has 0 amide bonds. The lowest BCUT2D eigenvalue weighted by molar-refractivity contribution is 0.0702. The Morgan fingerprint density at radius 3 is 2.88 bits per heavy atom. The maximum atomic E-state index is 10.8. The zero-order valence-electron chi connectivity index (χ0n) is 8.52. The molecule has 1 saturated carbocycles. The van der Waals surface area contributed by atoms with Gasteiger partial charge in [-0.05, 0) is 12.8 Å². The Kier molecular flexibility index (Phi) is 3.16. The predicted octanol–water partition coefficient (Wildman–Crippen LogP) is 2.65. The molecule has 0 aliphatic heterocycles. The van der Waals surface area contributed by atoms with Crippen molar-refractivity contribution in [1.82, 2.24) is 4.98 Å². The van der Waals surface area contributed by atoms with Gasteiger partial charge in [-0.3, -0.25) is 0 Å². The van der Waals surface area contributed by atoms with E-state index in [0.29, 0.717) is 17.7 Å². The van der Waals surface area contributed by atoms with Gasteiger partial charge in [0.25, 0.3) is 0 Å². The van der Waals surface area contributed by atoms with Crippen molar-refractivity contribution in [2.75, 3.05) is 11.4 Å². The molecule has 1 aliphatic rings. The van der Waals surface area contributed by atoms with E-state index in [0.717, 1.165) is 24.2 Å². The highest BCUT2D eigenvalue weighted by Gasteiger charge is 2.31. The summed E-state index contributed by atoms with van der Waals surface area (Å²) in [6.07, 6.45) is 4.02. The summed E-state index contributed by atoms with van der Waals surface area (Å²) >= 11 is 6.89. The molecule has 0 spiro atoms. The van der Waals surface area contributed by atoms with Crippen LogP contribution >= 0.6 is 22.9 Å². The van der Waals surface area contributed by atoms with Crippen LogP contribution in [0, 0.1) is 0 Å². The highest BCUT2D eigenvalue weighted by Crippen LogP contribution is 2.36. The third-order valence-electron chi connectivity index (χ3n) is 2.33. The van der Waals surface area contributed by atoms with E-state index >= 15 is 0 Å². The number of rotatable bonds is 5. The molecule has 0 aromatic carbocycles. The summed E-state index contributed by atoms with van der Waals surface area (Å²) in [6.45, 7) is 4.36. The zero-order chi connectivity index (χ0) is 11.7. The molecule has 1 N–H and O–H groups in total. The molecule has 1 fully saturated rings. The maximum Gasteiger partial charge on any atom is 0.349 e. The van der Waals surface area contributed by atoms with Crippen molar-refractivity contribution in [3.05, 3.63) is 22.7 Å². The van der Waals surface area contributed by atoms with Crippen LogP contribution in [0.3, 0.4) is 0 Å². The molecule has 6 heteroatoms. The van der Waals surface area contributed by atoms with Gasteiger partial charge in [0.15, 0.2) is 15.2 Å². The third kappa shape index (κ3) is 2.20. The highest BCUT2D eigenvalue weighted by atomic mass is 35.5. The number of thiazole rings is 1. The van der Waals surface area contributed by atoms with E-state index < -0.39 is 5.97 Å². The zero-order valence-corrected chi connectivity index (χ0v) is 10.1. The number of nitrogens with zero attached hydrogens (tertiary/aromatic N) is 2. The Labute approximate surface area is 102 Å². The van der Waals surface area contributed by atoms with E-state index in [1.165, 1.54) is 0 Å². The summed E-state index contributed by atoms with van der Waals surface area (Å²) in [4.78, 5) is 17.1. The first-order chi connectivity index (χ1) is 7.63. The molecule has 1 aromatic heterocycles. The summed E-state index contributed by atoms with van der Waals surface area (Å²) < 4.78 is 0. The molecule has 0 atom stereocenters. The van der Waals surface area contributed by atoms with E-state index in [4.69, 9.17) is 16.7 Å². The number of hydrogen-bond acceptors (Lipinski definition) is 4. The van der Waals surface area contributed by atoms with Crippen LogP contribution in [-0.2, 0) is 0 Å². The van der Waals surface area contributed by atoms with Crippen LogP contribution in [0.25, 0.3) is 0 Å². The van der Waals surface area contributed by atoms with Crippen molar-refractivity contribution in [2.45, 2.75) is 18.9 Å². The van der Waals surface area contributed by atoms with Crippen molar-refractivity contribution in [3.8, 4) is 0 Å².